The zero-order chi connectivity index (χ0) is 22.6. The Bertz CT molecular complexity index is 1110. The molecular weight excluding hydrogens is 418 g/mol. The first kappa shape index (κ1) is 21.5. The van der Waals surface area contributed by atoms with E-state index in [1.165, 1.54) is 0 Å². The zero-order valence-electron chi connectivity index (χ0n) is 19.1. The highest BCUT2D eigenvalue weighted by Gasteiger charge is 2.25. The van der Waals surface area contributed by atoms with E-state index in [9.17, 15) is 0 Å². The van der Waals surface area contributed by atoms with Crippen LogP contribution in [-0.2, 0) is 6.54 Å². The number of nitrogens with zero attached hydrogens (tertiary/aromatic N) is 4. The molecule has 1 aromatic carbocycles. The molecule has 0 spiro atoms. The third-order valence-corrected chi connectivity index (χ3v) is 6.07. The van der Waals surface area contributed by atoms with Crippen molar-refractivity contribution in [3.05, 3.63) is 59.8 Å². The summed E-state index contributed by atoms with van der Waals surface area (Å²) in [5.74, 6) is 3.48. The van der Waals surface area contributed by atoms with E-state index in [4.69, 9.17) is 19.2 Å². The topological polar surface area (TPSA) is 81.6 Å². The molecule has 5 rings (SSSR count). The number of pyridine rings is 1. The van der Waals surface area contributed by atoms with Crippen molar-refractivity contribution in [2.75, 3.05) is 38.7 Å². The third kappa shape index (κ3) is 5.01. The molecule has 1 N–H and O–H groups in total. The van der Waals surface area contributed by atoms with Crippen molar-refractivity contribution in [1.82, 2.24) is 19.9 Å². The SMILES string of the molecule is COc1cc2c(cc1CN1CCC[C@@H](c3cc(Nc4cnccn4)cc(C)n3)C1)OCCO2. The quantitative estimate of drug-likeness (QED) is 0.605. The van der Waals surface area contributed by atoms with Crippen molar-refractivity contribution in [2.24, 2.45) is 0 Å². The Kier molecular flexibility index (Phi) is 6.26. The highest BCUT2D eigenvalue weighted by molar-refractivity contribution is 5.56. The number of anilines is 2. The van der Waals surface area contributed by atoms with Gasteiger partial charge in [0.25, 0.3) is 0 Å². The minimum absolute atomic E-state index is 0.365. The Labute approximate surface area is 193 Å². The molecule has 33 heavy (non-hydrogen) atoms. The number of ether oxygens (including phenoxy) is 3. The monoisotopic (exact) mass is 447 g/mol. The minimum Gasteiger partial charge on any atom is -0.496 e. The first-order valence-corrected chi connectivity index (χ1v) is 11.4. The highest BCUT2D eigenvalue weighted by Crippen LogP contribution is 2.38. The highest BCUT2D eigenvalue weighted by atomic mass is 16.6. The number of hydrogen-bond acceptors (Lipinski definition) is 8. The van der Waals surface area contributed by atoms with Crippen molar-refractivity contribution in [3.63, 3.8) is 0 Å². The van der Waals surface area contributed by atoms with Gasteiger partial charge in [-0.05, 0) is 44.5 Å². The van der Waals surface area contributed by atoms with Gasteiger partial charge in [-0.3, -0.25) is 14.9 Å². The average molecular weight is 448 g/mol. The summed E-state index contributed by atoms with van der Waals surface area (Å²) in [5.41, 5.74) is 4.21. The normalized spacial score (nSPS) is 18.1. The Balaban J connectivity index is 1.32. The van der Waals surface area contributed by atoms with Gasteiger partial charge in [0.05, 0.1) is 13.3 Å². The van der Waals surface area contributed by atoms with Crippen LogP contribution in [0.3, 0.4) is 0 Å². The number of methoxy groups -OCH3 is 1. The molecule has 0 aliphatic carbocycles. The number of hydrogen-bond donors (Lipinski definition) is 1. The lowest BCUT2D eigenvalue weighted by Crippen LogP contribution is -2.34. The summed E-state index contributed by atoms with van der Waals surface area (Å²) >= 11 is 0. The summed E-state index contributed by atoms with van der Waals surface area (Å²) < 4.78 is 17.2. The van der Waals surface area contributed by atoms with Crippen LogP contribution < -0.4 is 19.5 Å². The van der Waals surface area contributed by atoms with Crippen LogP contribution in [0.2, 0.25) is 0 Å². The van der Waals surface area contributed by atoms with E-state index in [-0.39, 0.29) is 0 Å². The van der Waals surface area contributed by atoms with Crippen molar-refractivity contribution in [3.8, 4) is 17.2 Å². The maximum absolute atomic E-state index is 5.79. The lowest BCUT2D eigenvalue weighted by Gasteiger charge is -2.33. The molecule has 3 aromatic rings. The van der Waals surface area contributed by atoms with E-state index in [0.29, 0.717) is 19.1 Å². The summed E-state index contributed by atoms with van der Waals surface area (Å²) in [6.07, 6.45) is 7.32. The number of benzene rings is 1. The summed E-state index contributed by atoms with van der Waals surface area (Å²) in [7, 11) is 1.70. The van der Waals surface area contributed by atoms with E-state index < -0.39 is 0 Å². The lowest BCUT2D eigenvalue weighted by atomic mass is 9.93. The molecular formula is C25H29N5O3. The van der Waals surface area contributed by atoms with Gasteiger partial charge in [-0.15, -0.1) is 0 Å². The van der Waals surface area contributed by atoms with E-state index in [1.54, 1.807) is 25.7 Å². The van der Waals surface area contributed by atoms with Crippen molar-refractivity contribution in [2.45, 2.75) is 32.2 Å². The second kappa shape index (κ2) is 9.62. The van der Waals surface area contributed by atoms with Crippen LogP contribution in [0.25, 0.3) is 0 Å². The van der Waals surface area contributed by atoms with Gasteiger partial charge in [0.15, 0.2) is 11.5 Å². The predicted octanol–water partition coefficient (Wildman–Crippen LogP) is 4.08. The van der Waals surface area contributed by atoms with Crippen LogP contribution in [-0.4, -0.2) is 53.3 Å². The van der Waals surface area contributed by atoms with Crippen LogP contribution in [0.1, 0.15) is 35.7 Å². The molecule has 1 atom stereocenters. The number of rotatable bonds is 6. The van der Waals surface area contributed by atoms with Crippen molar-refractivity contribution < 1.29 is 14.2 Å². The van der Waals surface area contributed by atoms with E-state index in [0.717, 1.165) is 78.2 Å². The third-order valence-electron chi connectivity index (χ3n) is 6.07. The van der Waals surface area contributed by atoms with Crippen LogP contribution >= 0.6 is 0 Å². The van der Waals surface area contributed by atoms with Crippen molar-refractivity contribution in [1.29, 1.82) is 0 Å². The van der Waals surface area contributed by atoms with Crippen molar-refractivity contribution >= 4 is 11.5 Å². The molecule has 0 saturated carbocycles. The van der Waals surface area contributed by atoms with Gasteiger partial charge in [0.2, 0.25) is 0 Å². The maximum atomic E-state index is 5.79. The molecule has 1 fully saturated rings. The summed E-state index contributed by atoms with van der Waals surface area (Å²) in [5, 5.41) is 3.35. The zero-order valence-corrected chi connectivity index (χ0v) is 19.1. The molecule has 2 aliphatic rings. The standard InChI is InChI=1S/C25H29N5O3/c1-17-10-20(29-25-14-26-5-6-27-25)12-21(28-17)18-4-3-7-30(15-18)16-19-11-23-24(13-22(19)31-2)33-9-8-32-23/h5-6,10-14,18H,3-4,7-9,15-16H2,1-2H3,(H,27,28,29)/t18-/m1/s1. The Morgan fingerprint density at radius 1 is 1.12 bits per heavy atom. The van der Waals surface area contributed by atoms with Gasteiger partial charge >= 0.3 is 0 Å². The molecule has 0 amide bonds. The first-order chi connectivity index (χ1) is 16.2. The molecule has 8 nitrogen and oxygen atoms in total. The number of piperidine rings is 1. The second-order valence-electron chi connectivity index (χ2n) is 8.52. The number of nitrogens with one attached hydrogen (secondary N) is 1. The lowest BCUT2D eigenvalue weighted by molar-refractivity contribution is 0.168. The van der Waals surface area contributed by atoms with E-state index in [1.807, 2.05) is 19.1 Å². The fourth-order valence-corrected chi connectivity index (χ4v) is 4.59. The molecule has 1 saturated heterocycles. The van der Waals surface area contributed by atoms with Gasteiger partial charge in [-0.2, -0.15) is 0 Å². The molecule has 172 valence electrons. The number of fused-ring (bicyclic) bond motifs is 1. The van der Waals surface area contributed by atoms with Crippen LogP contribution in [0, 0.1) is 6.92 Å². The predicted molar refractivity (Wildman–Crippen MR) is 126 cm³/mol. The average Bonchev–Trinajstić information content (AvgIpc) is 2.84. The van der Waals surface area contributed by atoms with E-state index >= 15 is 0 Å². The smallest absolute Gasteiger partial charge is 0.165 e. The minimum atomic E-state index is 0.365. The number of likely N-dealkylation sites (tertiary alicyclic amines) is 1. The molecule has 0 radical (unpaired) electrons. The number of aryl methyl sites for hydroxylation is 1. The molecule has 4 heterocycles. The Hall–Kier alpha value is -3.39. The molecule has 8 heteroatoms. The van der Waals surface area contributed by atoms with Crippen LogP contribution in [0.4, 0.5) is 11.5 Å². The van der Waals surface area contributed by atoms with Gasteiger partial charge in [0, 0.05) is 60.1 Å². The number of aromatic nitrogens is 3. The summed E-state index contributed by atoms with van der Waals surface area (Å²) in [4.78, 5) is 15.8. The first-order valence-electron chi connectivity index (χ1n) is 11.4. The van der Waals surface area contributed by atoms with Gasteiger partial charge in [0.1, 0.15) is 24.8 Å². The Morgan fingerprint density at radius 3 is 2.76 bits per heavy atom. The fraction of sp³-hybridized carbons (Fsp3) is 0.400. The Morgan fingerprint density at radius 2 is 1.97 bits per heavy atom. The molecule has 0 unspecified atom stereocenters. The molecule has 2 aliphatic heterocycles. The summed E-state index contributed by atoms with van der Waals surface area (Å²) in [6.45, 7) is 5.97. The van der Waals surface area contributed by atoms with Gasteiger partial charge in [-0.1, -0.05) is 0 Å². The molecule has 0 bridgehead atoms. The fourth-order valence-electron chi connectivity index (χ4n) is 4.59. The van der Waals surface area contributed by atoms with Gasteiger partial charge in [-0.25, -0.2) is 4.98 Å². The van der Waals surface area contributed by atoms with E-state index in [2.05, 4.69) is 32.3 Å². The van der Waals surface area contributed by atoms with Crippen LogP contribution in [0.5, 0.6) is 17.2 Å². The summed E-state index contributed by atoms with van der Waals surface area (Å²) in [6, 6.07) is 8.18. The van der Waals surface area contributed by atoms with Crippen LogP contribution in [0.15, 0.2) is 42.9 Å². The molecule has 2 aromatic heterocycles. The van der Waals surface area contributed by atoms with Gasteiger partial charge < -0.3 is 19.5 Å². The maximum Gasteiger partial charge on any atom is 0.165 e. The second-order valence-corrected chi connectivity index (χ2v) is 8.52. The largest absolute Gasteiger partial charge is 0.496 e.